The summed E-state index contributed by atoms with van der Waals surface area (Å²) >= 11 is 3.43. The Morgan fingerprint density at radius 3 is 2.57 bits per heavy atom. The van der Waals surface area contributed by atoms with Gasteiger partial charge in [0.1, 0.15) is 5.82 Å². The van der Waals surface area contributed by atoms with Crippen LogP contribution < -0.4 is 4.90 Å². The van der Waals surface area contributed by atoms with Gasteiger partial charge in [-0.2, -0.15) is 16.1 Å². The molecule has 0 aromatic carbocycles. The van der Waals surface area contributed by atoms with E-state index in [2.05, 4.69) is 19.2 Å². The number of aromatic nitrogens is 2. The summed E-state index contributed by atoms with van der Waals surface area (Å²) in [6.45, 7) is 5.81. The van der Waals surface area contributed by atoms with Crippen LogP contribution in [-0.2, 0) is 4.79 Å². The fourth-order valence-electron chi connectivity index (χ4n) is 2.93. The van der Waals surface area contributed by atoms with E-state index in [1.54, 1.807) is 0 Å². The lowest BCUT2D eigenvalue weighted by Gasteiger charge is -2.33. The number of carbonyl (C=O) groups excluding carboxylic acids is 1. The summed E-state index contributed by atoms with van der Waals surface area (Å²) in [7, 11) is 0. The second kappa shape index (κ2) is 6.96. The maximum absolute atomic E-state index is 12.3. The van der Waals surface area contributed by atoms with Gasteiger partial charge in [0.25, 0.3) is 0 Å². The third-order valence-electron chi connectivity index (χ3n) is 4.23. The first kappa shape index (κ1) is 15.1. The van der Waals surface area contributed by atoms with Crippen LogP contribution in [0.1, 0.15) is 25.1 Å². The van der Waals surface area contributed by atoms with E-state index in [4.69, 9.17) is 0 Å². The van der Waals surface area contributed by atoms with Gasteiger partial charge in [-0.25, -0.2) is 4.98 Å². The molecular formula is C14H22N4OS2. The summed E-state index contributed by atoms with van der Waals surface area (Å²) in [5.74, 6) is 3.95. The highest BCUT2D eigenvalue weighted by atomic mass is 32.2. The van der Waals surface area contributed by atoms with E-state index in [0.29, 0.717) is 11.8 Å². The minimum Gasteiger partial charge on any atom is -0.347 e. The molecule has 116 valence electrons. The third-order valence-corrected chi connectivity index (χ3v) is 6.04. The van der Waals surface area contributed by atoms with E-state index >= 15 is 0 Å². The second-order valence-corrected chi connectivity index (χ2v) is 7.71. The number of thioether (sulfide) groups is 1. The second-order valence-electron chi connectivity index (χ2n) is 5.75. The Bertz CT molecular complexity index is 479. The lowest BCUT2D eigenvalue weighted by Crippen LogP contribution is -2.40. The van der Waals surface area contributed by atoms with Crippen LogP contribution in [0.25, 0.3) is 0 Å². The molecule has 1 amide bonds. The zero-order valence-electron chi connectivity index (χ0n) is 12.5. The summed E-state index contributed by atoms with van der Waals surface area (Å²) in [5, 5.41) is 1.03. The largest absolute Gasteiger partial charge is 0.347 e. The molecule has 2 aliphatic heterocycles. The summed E-state index contributed by atoms with van der Waals surface area (Å²) in [5.41, 5.74) is 0. The van der Waals surface area contributed by atoms with Crippen molar-refractivity contribution in [3.63, 3.8) is 0 Å². The molecule has 0 unspecified atom stereocenters. The molecule has 0 aliphatic carbocycles. The number of nitrogens with zero attached hydrogens (tertiary/aromatic N) is 4. The molecule has 2 aliphatic rings. The molecule has 3 heterocycles. The van der Waals surface area contributed by atoms with Gasteiger partial charge in [0.15, 0.2) is 0 Å². The first-order valence-corrected chi connectivity index (χ1v) is 9.56. The fourth-order valence-corrected chi connectivity index (χ4v) is 4.56. The van der Waals surface area contributed by atoms with Crippen molar-refractivity contribution < 1.29 is 4.79 Å². The van der Waals surface area contributed by atoms with Gasteiger partial charge in [0, 0.05) is 55.6 Å². The van der Waals surface area contributed by atoms with E-state index in [1.165, 1.54) is 11.5 Å². The van der Waals surface area contributed by atoms with Crippen LogP contribution in [0, 0.1) is 12.8 Å². The van der Waals surface area contributed by atoms with E-state index in [9.17, 15) is 4.79 Å². The number of hydrogen-bond acceptors (Lipinski definition) is 6. The zero-order chi connectivity index (χ0) is 14.7. The number of aryl methyl sites for hydroxylation is 1. The Balaban J connectivity index is 1.46. The Hall–Kier alpha value is -0.820. The molecule has 1 aromatic heterocycles. The molecule has 0 atom stereocenters. The van der Waals surface area contributed by atoms with Crippen molar-refractivity contribution in [2.75, 3.05) is 42.6 Å². The van der Waals surface area contributed by atoms with Gasteiger partial charge >= 0.3 is 0 Å². The average molecular weight is 326 g/mol. The van der Waals surface area contributed by atoms with Gasteiger partial charge in [-0.3, -0.25) is 4.79 Å². The summed E-state index contributed by atoms with van der Waals surface area (Å²) in [4.78, 5) is 21.1. The highest BCUT2D eigenvalue weighted by Crippen LogP contribution is 2.27. The first-order chi connectivity index (χ1) is 10.2. The molecule has 7 heteroatoms. The van der Waals surface area contributed by atoms with Crippen LogP contribution in [0.15, 0.2) is 0 Å². The number of amides is 1. The quantitative estimate of drug-likeness (QED) is 0.850. The topological polar surface area (TPSA) is 49.3 Å². The molecule has 1 aromatic rings. The number of anilines is 1. The van der Waals surface area contributed by atoms with Crippen LogP contribution in [-0.4, -0.2) is 57.8 Å². The van der Waals surface area contributed by atoms with Gasteiger partial charge in [-0.05, 0) is 25.7 Å². The number of carbonyl (C=O) groups is 1. The van der Waals surface area contributed by atoms with Crippen molar-refractivity contribution in [2.24, 2.45) is 5.92 Å². The molecule has 0 radical (unpaired) electrons. The zero-order valence-corrected chi connectivity index (χ0v) is 14.1. The molecule has 21 heavy (non-hydrogen) atoms. The summed E-state index contributed by atoms with van der Waals surface area (Å²) in [6, 6.07) is 0. The van der Waals surface area contributed by atoms with Crippen LogP contribution in [0.3, 0.4) is 0 Å². The smallest absolute Gasteiger partial charge is 0.222 e. The summed E-state index contributed by atoms with van der Waals surface area (Å²) in [6.07, 6.45) is 2.91. The van der Waals surface area contributed by atoms with Crippen molar-refractivity contribution in [3.8, 4) is 0 Å². The van der Waals surface area contributed by atoms with Crippen LogP contribution in [0.2, 0.25) is 0 Å². The Kier molecular flexibility index (Phi) is 5.00. The molecule has 0 bridgehead atoms. The predicted molar refractivity (Wildman–Crippen MR) is 88.1 cm³/mol. The lowest BCUT2D eigenvalue weighted by molar-refractivity contribution is -0.132. The van der Waals surface area contributed by atoms with E-state index in [1.807, 2.05) is 18.7 Å². The van der Waals surface area contributed by atoms with Gasteiger partial charge in [0.05, 0.1) is 0 Å². The van der Waals surface area contributed by atoms with E-state index < -0.39 is 0 Å². The molecule has 0 N–H and O–H groups in total. The molecule has 0 saturated carbocycles. The third kappa shape index (κ3) is 3.88. The van der Waals surface area contributed by atoms with Crippen molar-refractivity contribution in [1.82, 2.24) is 14.3 Å². The minimum atomic E-state index is 0.362. The highest BCUT2D eigenvalue weighted by Gasteiger charge is 2.25. The number of rotatable bonds is 3. The van der Waals surface area contributed by atoms with Crippen molar-refractivity contribution >= 4 is 34.3 Å². The monoisotopic (exact) mass is 326 g/mol. The lowest BCUT2D eigenvalue weighted by atomic mass is 9.93. The number of hydrogen-bond donors (Lipinski definition) is 0. The molecule has 0 spiro atoms. The Morgan fingerprint density at radius 1 is 1.24 bits per heavy atom. The molecule has 2 fully saturated rings. The van der Waals surface area contributed by atoms with Crippen molar-refractivity contribution in [1.29, 1.82) is 0 Å². The maximum atomic E-state index is 12.3. The SMILES string of the molecule is Cc1nsc(N2CCC(CC(=O)N3CCSCC3)CC2)n1. The van der Waals surface area contributed by atoms with Gasteiger partial charge < -0.3 is 9.80 Å². The standard InChI is InChI=1S/C14H22N4OS2/c1-11-15-14(21-16-11)18-4-2-12(3-5-18)10-13(19)17-6-8-20-9-7-17/h12H,2-10H2,1H3. The molecular weight excluding hydrogens is 304 g/mol. The van der Waals surface area contributed by atoms with E-state index in [0.717, 1.165) is 67.9 Å². The predicted octanol–water partition coefficient (Wildman–Crippen LogP) is 2.03. The van der Waals surface area contributed by atoms with Crippen LogP contribution in [0.5, 0.6) is 0 Å². The average Bonchev–Trinajstić information content (AvgIpc) is 2.95. The van der Waals surface area contributed by atoms with Gasteiger partial charge in [-0.1, -0.05) is 0 Å². The minimum absolute atomic E-state index is 0.362. The number of piperidine rings is 1. The Morgan fingerprint density at radius 2 is 1.95 bits per heavy atom. The fraction of sp³-hybridized carbons (Fsp3) is 0.786. The molecule has 2 saturated heterocycles. The van der Waals surface area contributed by atoms with Crippen molar-refractivity contribution in [2.45, 2.75) is 26.2 Å². The van der Waals surface area contributed by atoms with Gasteiger partial charge in [-0.15, -0.1) is 0 Å². The maximum Gasteiger partial charge on any atom is 0.222 e. The molecule has 5 nitrogen and oxygen atoms in total. The van der Waals surface area contributed by atoms with Gasteiger partial charge in [0.2, 0.25) is 11.0 Å². The first-order valence-electron chi connectivity index (χ1n) is 7.63. The van der Waals surface area contributed by atoms with Crippen LogP contribution in [0.4, 0.5) is 5.13 Å². The van der Waals surface area contributed by atoms with Crippen LogP contribution >= 0.6 is 23.3 Å². The highest BCUT2D eigenvalue weighted by molar-refractivity contribution is 7.99. The molecule has 3 rings (SSSR count). The Labute approximate surface area is 134 Å². The van der Waals surface area contributed by atoms with E-state index in [-0.39, 0.29) is 0 Å². The summed E-state index contributed by atoms with van der Waals surface area (Å²) < 4.78 is 4.25. The normalized spacial score (nSPS) is 20.8. The van der Waals surface area contributed by atoms with Crippen molar-refractivity contribution in [3.05, 3.63) is 5.82 Å².